The van der Waals surface area contributed by atoms with Crippen molar-refractivity contribution in [2.45, 2.75) is 19.8 Å². The molecular formula is C15H17NO3. The molecular weight excluding hydrogens is 242 g/mol. The molecule has 0 bridgehead atoms. The van der Waals surface area contributed by atoms with Crippen LogP contribution in [0.25, 0.3) is 11.5 Å². The monoisotopic (exact) mass is 259 g/mol. The molecule has 1 atom stereocenters. The fraction of sp³-hybridized carbons (Fsp3) is 0.400. The highest BCUT2D eigenvalue weighted by molar-refractivity contribution is 5.92. The van der Waals surface area contributed by atoms with Gasteiger partial charge >= 0.3 is 0 Å². The van der Waals surface area contributed by atoms with Crippen LogP contribution >= 0.6 is 0 Å². The van der Waals surface area contributed by atoms with Gasteiger partial charge in [0.15, 0.2) is 17.3 Å². The number of hydrogen-bond acceptors (Lipinski definition) is 3. The summed E-state index contributed by atoms with van der Waals surface area (Å²) in [4.78, 5) is 14.2. The first kappa shape index (κ1) is 12.1. The lowest BCUT2D eigenvalue weighted by atomic mass is 10.0. The summed E-state index contributed by atoms with van der Waals surface area (Å²) in [5.41, 5.74) is 0. The van der Waals surface area contributed by atoms with Crippen molar-refractivity contribution >= 4 is 5.91 Å². The molecule has 19 heavy (non-hydrogen) atoms. The van der Waals surface area contributed by atoms with Crippen LogP contribution in [0.2, 0.25) is 0 Å². The largest absolute Gasteiger partial charge is 0.461 e. The SMILES string of the molecule is CC1CCCN(C(=O)c2ccc(-c3ccco3)o2)C1. The van der Waals surface area contributed by atoms with Gasteiger partial charge in [0.05, 0.1) is 6.26 Å². The van der Waals surface area contributed by atoms with Crippen LogP contribution in [0.4, 0.5) is 0 Å². The number of rotatable bonds is 2. The molecule has 0 saturated carbocycles. The van der Waals surface area contributed by atoms with Gasteiger partial charge in [0.2, 0.25) is 0 Å². The summed E-state index contributed by atoms with van der Waals surface area (Å²) in [5.74, 6) is 2.17. The number of hydrogen-bond donors (Lipinski definition) is 0. The number of amides is 1. The van der Waals surface area contributed by atoms with Crippen molar-refractivity contribution in [3.63, 3.8) is 0 Å². The Hall–Kier alpha value is -1.97. The maximum absolute atomic E-state index is 12.3. The van der Waals surface area contributed by atoms with Crippen molar-refractivity contribution in [3.05, 3.63) is 36.3 Å². The molecule has 1 fully saturated rings. The molecule has 1 aliphatic heterocycles. The lowest BCUT2D eigenvalue weighted by molar-refractivity contribution is 0.0651. The minimum atomic E-state index is -0.0237. The van der Waals surface area contributed by atoms with Crippen LogP contribution in [0.15, 0.2) is 39.4 Å². The highest BCUT2D eigenvalue weighted by Gasteiger charge is 2.24. The summed E-state index contributed by atoms with van der Waals surface area (Å²) in [6.45, 7) is 3.81. The van der Waals surface area contributed by atoms with Crippen molar-refractivity contribution in [3.8, 4) is 11.5 Å². The number of furan rings is 2. The Bertz CT molecular complexity index is 556. The zero-order chi connectivity index (χ0) is 13.2. The van der Waals surface area contributed by atoms with Gasteiger partial charge in [0.25, 0.3) is 5.91 Å². The second-order valence-corrected chi connectivity index (χ2v) is 5.14. The van der Waals surface area contributed by atoms with Crippen molar-refractivity contribution in [1.82, 2.24) is 4.90 Å². The molecule has 4 nitrogen and oxygen atoms in total. The minimum Gasteiger partial charge on any atom is -0.461 e. The van der Waals surface area contributed by atoms with E-state index < -0.39 is 0 Å². The summed E-state index contributed by atoms with van der Waals surface area (Å²) in [6.07, 6.45) is 3.85. The predicted octanol–water partition coefficient (Wildman–Crippen LogP) is 3.41. The molecule has 1 aliphatic rings. The van der Waals surface area contributed by atoms with Gasteiger partial charge in [-0.1, -0.05) is 6.92 Å². The van der Waals surface area contributed by atoms with Gasteiger partial charge in [-0.2, -0.15) is 0 Å². The number of carbonyl (C=O) groups is 1. The fourth-order valence-electron chi connectivity index (χ4n) is 2.53. The van der Waals surface area contributed by atoms with Crippen LogP contribution in [0, 0.1) is 5.92 Å². The average Bonchev–Trinajstić information content (AvgIpc) is 3.08. The van der Waals surface area contributed by atoms with E-state index in [1.807, 2.05) is 11.0 Å². The molecule has 4 heteroatoms. The van der Waals surface area contributed by atoms with E-state index in [0.29, 0.717) is 23.2 Å². The zero-order valence-corrected chi connectivity index (χ0v) is 11.0. The van der Waals surface area contributed by atoms with E-state index >= 15 is 0 Å². The maximum Gasteiger partial charge on any atom is 0.289 e. The number of piperidine rings is 1. The Morgan fingerprint density at radius 1 is 1.32 bits per heavy atom. The Kier molecular flexibility index (Phi) is 3.15. The molecule has 100 valence electrons. The molecule has 0 aliphatic carbocycles. The molecule has 2 aromatic rings. The topological polar surface area (TPSA) is 46.6 Å². The molecule has 3 rings (SSSR count). The van der Waals surface area contributed by atoms with E-state index in [9.17, 15) is 4.79 Å². The van der Waals surface area contributed by atoms with Gasteiger partial charge in [-0.25, -0.2) is 0 Å². The highest BCUT2D eigenvalue weighted by Crippen LogP contribution is 2.24. The van der Waals surface area contributed by atoms with E-state index in [2.05, 4.69) is 6.92 Å². The van der Waals surface area contributed by atoms with Crippen LogP contribution in [-0.4, -0.2) is 23.9 Å². The Labute approximate surface area is 112 Å². The first-order chi connectivity index (χ1) is 9.24. The summed E-state index contributed by atoms with van der Waals surface area (Å²) in [6, 6.07) is 7.11. The average molecular weight is 259 g/mol. The Balaban J connectivity index is 1.77. The number of carbonyl (C=O) groups excluding carboxylic acids is 1. The fourth-order valence-corrected chi connectivity index (χ4v) is 2.53. The number of nitrogens with zero attached hydrogens (tertiary/aromatic N) is 1. The summed E-state index contributed by atoms with van der Waals surface area (Å²) < 4.78 is 10.8. The van der Waals surface area contributed by atoms with Gasteiger partial charge in [-0.05, 0) is 43.0 Å². The summed E-state index contributed by atoms with van der Waals surface area (Å²) >= 11 is 0. The van der Waals surface area contributed by atoms with Crippen LogP contribution < -0.4 is 0 Å². The van der Waals surface area contributed by atoms with Gasteiger partial charge < -0.3 is 13.7 Å². The quantitative estimate of drug-likeness (QED) is 0.830. The van der Waals surface area contributed by atoms with Crippen LogP contribution in [0.5, 0.6) is 0 Å². The zero-order valence-electron chi connectivity index (χ0n) is 11.0. The molecule has 0 spiro atoms. The minimum absolute atomic E-state index is 0.0237. The van der Waals surface area contributed by atoms with Crippen molar-refractivity contribution < 1.29 is 13.6 Å². The number of likely N-dealkylation sites (tertiary alicyclic amines) is 1. The van der Waals surface area contributed by atoms with Gasteiger partial charge in [0, 0.05) is 13.1 Å². The van der Waals surface area contributed by atoms with E-state index in [1.165, 1.54) is 6.42 Å². The van der Waals surface area contributed by atoms with E-state index in [1.54, 1.807) is 24.5 Å². The van der Waals surface area contributed by atoms with E-state index in [0.717, 1.165) is 19.5 Å². The van der Waals surface area contributed by atoms with Crippen LogP contribution in [-0.2, 0) is 0 Å². The first-order valence-electron chi connectivity index (χ1n) is 6.67. The first-order valence-corrected chi connectivity index (χ1v) is 6.67. The standard InChI is InChI=1S/C15H17NO3/c1-11-4-2-8-16(10-11)15(17)14-7-6-13(19-14)12-5-3-9-18-12/h3,5-7,9,11H,2,4,8,10H2,1H3. The summed E-state index contributed by atoms with van der Waals surface area (Å²) in [5, 5.41) is 0. The normalized spacial score (nSPS) is 19.6. The van der Waals surface area contributed by atoms with Crippen molar-refractivity contribution in [1.29, 1.82) is 0 Å². The van der Waals surface area contributed by atoms with Gasteiger partial charge in [-0.15, -0.1) is 0 Å². The molecule has 1 unspecified atom stereocenters. The second kappa shape index (κ2) is 4.96. The third-order valence-corrected chi connectivity index (χ3v) is 3.53. The van der Waals surface area contributed by atoms with Crippen molar-refractivity contribution in [2.24, 2.45) is 5.92 Å². The highest BCUT2D eigenvalue weighted by atomic mass is 16.4. The lowest BCUT2D eigenvalue weighted by Crippen LogP contribution is -2.38. The van der Waals surface area contributed by atoms with E-state index in [-0.39, 0.29) is 5.91 Å². The predicted molar refractivity (Wildman–Crippen MR) is 70.7 cm³/mol. The van der Waals surface area contributed by atoms with Gasteiger partial charge in [-0.3, -0.25) is 4.79 Å². The molecule has 0 aromatic carbocycles. The smallest absolute Gasteiger partial charge is 0.289 e. The van der Waals surface area contributed by atoms with Gasteiger partial charge in [0.1, 0.15) is 0 Å². The Morgan fingerprint density at radius 2 is 2.21 bits per heavy atom. The lowest BCUT2D eigenvalue weighted by Gasteiger charge is -2.30. The molecule has 3 heterocycles. The molecule has 0 radical (unpaired) electrons. The van der Waals surface area contributed by atoms with Crippen LogP contribution in [0.1, 0.15) is 30.3 Å². The third-order valence-electron chi connectivity index (χ3n) is 3.53. The van der Waals surface area contributed by atoms with E-state index in [4.69, 9.17) is 8.83 Å². The summed E-state index contributed by atoms with van der Waals surface area (Å²) in [7, 11) is 0. The molecule has 2 aromatic heterocycles. The molecule has 1 amide bonds. The maximum atomic E-state index is 12.3. The third kappa shape index (κ3) is 2.43. The van der Waals surface area contributed by atoms with Crippen LogP contribution in [0.3, 0.4) is 0 Å². The second-order valence-electron chi connectivity index (χ2n) is 5.14. The molecule has 1 saturated heterocycles. The van der Waals surface area contributed by atoms with Crippen molar-refractivity contribution in [2.75, 3.05) is 13.1 Å². The Morgan fingerprint density at radius 3 is 2.95 bits per heavy atom. The molecule has 0 N–H and O–H groups in total.